The highest BCUT2D eigenvalue weighted by molar-refractivity contribution is 6.08. The van der Waals surface area contributed by atoms with Crippen LogP contribution in [-0.4, -0.2) is 42.8 Å². The molecule has 2 heterocycles. The van der Waals surface area contributed by atoms with Crippen molar-refractivity contribution in [1.82, 2.24) is 4.90 Å². The van der Waals surface area contributed by atoms with Gasteiger partial charge < -0.3 is 9.47 Å². The molecule has 0 saturated carbocycles. The highest BCUT2D eigenvalue weighted by atomic mass is 16.7. The van der Waals surface area contributed by atoms with Crippen LogP contribution in [0.3, 0.4) is 0 Å². The Morgan fingerprint density at radius 3 is 2.67 bits per heavy atom. The molecule has 5 nitrogen and oxygen atoms in total. The number of carbonyl (C=O) groups excluding carboxylic acids is 2. The normalized spacial score (nSPS) is 27.8. The minimum absolute atomic E-state index is 0.128. The molecule has 0 aliphatic carbocycles. The van der Waals surface area contributed by atoms with Gasteiger partial charge in [-0.25, -0.2) is 0 Å². The molecule has 0 N–H and O–H groups in total. The van der Waals surface area contributed by atoms with Crippen molar-refractivity contribution in [3.05, 3.63) is 35.4 Å². The van der Waals surface area contributed by atoms with E-state index in [1.54, 1.807) is 0 Å². The molecule has 1 aromatic carbocycles. The highest BCUT2D eigenvalue weighted by Gasteiger charge is 2.49. The van der Waals surface area contributed by atoms with Gasteiger partial charge in [0.05, 0.1) is 18.6 Å². The molecule has 2 aliphatic heterocycles. The van der Waals surface area contributed by atoms with E-state index in [-0.39, 0.29) is 24.5 Å². The summed E-state index contributed by atoms with van der Waals surface area (Å²) >= 11 is 0. The fraction of sp³-hybridized carbons (Fsp3) is 0.579. The molecule has 1 aromatic rings. The molecule has 2 atom stereocenters. The first kappa shape index (κ1) is 17.1. The Balaban J connectivity index is 1.62. The Morgan fingerprint density at radius 1 is 1.25 bits per heavy atom. The molecule has 0 unspecified atom stereocenters. The molecule has 2 amide bonds. The van der Waals surface area contributed by atoms with Gasteiger partial charge in [-0.05, 0) is 38.7 Å². The quantitative estimate of drug-likeness (QED) is 0.778. The van der Waals surface area contributed by atoms with E-state index in [4.69, 9.17) is 9.47 Å². The Morgan fingerprint density at radius 2 is 2.00 bits per heavy atom. The number of nitrogens with zero attached hydrogens (tertiary/aromatic N) is 1. The first-order valence-corrected chi connectivity index (χ1v) is 8.66. The molecular formula is C19H25NO4. The Labute approximate surface area is 142 Å². The van der Waals surface area contributed by atoms with Crippen LogP contribution in [0.2, 0.25) is 0 Å². The molecular weight excluding hydrogens is 306 g/mol. The average Bonchev–Trinajstić information content (AvgIpc) is 2.80. The SMILES string of the molecule is Cc1ccc([C@]2(C)CC(=O)N(CCO[C@H]3CCCCO3)C2=O)cc1. The van der Waals surface area contributed by atoms with E-state index in [2.05, 4.69) is 0 Å². The Kier molecular flexibility index (Phi) is 5.01. The van der Waals surface area contributed by atoms with Gasteiger partial charge in [0.25, 0.3) is 0 Å². The monoisotopic (exact) mass is 331 g/mol. The second-order valence-electron chi connectivity index (χ2n) is 6.89. The summed E-state index contributed by atoms with van der Waals surface area (Å²) in [5.74, 6) is -0.263. The van der Waals surface area contributed by atoms with Crippen molar-refractivity contribution in [1.29, 1.82) is 0 Å². The van der Waals surface area contributed by atoms with Crippen molar-refractivity contribution < 1.29 is 19.1 Å². The largest absolute Gasteiger partial charge is 0.353 e. The zero-order chi connectivity index (χ0) is 17.2. The maximum atomic E-state index is 12.8. The van der Waals surface area contributed by atoms with Gasteiger partial charge in [-0.1, -0.05) is 29.8 Å². The number of hydrogen-bond donors (Lipinski definition) is 0. The zero-order valence-corrected chi connectivity index (χ0v) is 14.4. The number of amides is 2. The van der Waals surface area contributed by atoms with E-state index in [0.29, 0.717) is 13.2 Å². The van der Waals surface area contributed by atoms with E-state index < -0.39 is 5.41 Å². The van der Waals surface area contributed by atoms with Gasteiger partial charge in [-0.2, -0.15) is 0 Å². The molecule has 0 aromatic heterocycles. The van der Waals surface area contributed by atoms with Crippen LogP contribution in [0, 0.1) is 6.92 Å². The second-order valence-corrected chi connectivity index (χ2v) is 6.89. The zero-order valence-electron chi connectivity index (χ0n) is 14.4. The lowest BCUT2D eigenvalue weighted by Gasteiger charge is -2.25. The summed E-state index contributed by atoms with van der Waals surface area (Å²) < 4.78 is 11.2. The van der Waals surface area contributed by atoms with Crippen LogP contribution >= 0.6 is 0 Å². The van der Waals surface area contributed by atoms with Gasteiger partial charge in [-0.15, -0.1) is 0 Å². The van der Waals surface area contributed by atoms with Crippen molar-refractivity contribution in [3.8, 4) is 0 Å². The minimum atomic E-state index is -0.772. The molecule has 0 bridgehead atoms. The predicted octanol–water partition coefficient (Wildman–Crippen LogP) is 2.55. The van der Waals surface area contributed by atoms with E-state index in [1.165, 1.54) is 4.90 Å². The summed E-state index contributed by atoms with van der Waals surface area (Å²) in [5.41, 5.74) is 1.26. The summed E-state index contributed by atoms with van der Waals surface area (Å²) in [6.45, 7) is 5.19. The summed E-state index contributed by atoms with van der Waals surface area (Å²) in [4.78, 5) is 26.5. The standard InChI is InChI=1S/C19H25NO4/c1-14-6-8-15(9-7-14)19(2)13-16(21)20(18(19)22)10-12-24-17-5-3-4-11-23-17/h6-9,17H,3-5,10-13H2,1-2H3/t17-,19-/m0/s1. The van der Waals surface area contributed by atoms with Gasteiger partial charge in [-0.3, -0.25) is 14.5 Å². The minimum Gasteiger partial charge on any atom is -0.353 e. The van der Waals surface area contributed by atoms with E-state index in [1.807, 2.05) is 38.1 Å². The molecule has 0 spiro atoms. The molecule has 2 fully saturated rings. The molecule has 3 rings (SSSR count). The van der Waals surface area contributed by atoms with Crippen molar-refractivity contribution in [3.63, 3.8) is 0 Å². The third-order valence-electron chi connectivity index (χ3n) is 4.97. The number of imide groups is 1. The number of hydrogen-bond acceptors (Lipinski definition) is 4. The van der Waals surface area contributed by atoms with E-state index in [0.717, 1.165) is 37.0 Å². The third-order valence-corrected chi connectivity index (χ3v) is 4.97. The lowest BCUT2D eigenvalue weighted by atomic mass is 9.81. The summed E-state index contributed by atoms with van der Waals surface area (Å²) in [6.07, 6.45) is 3.06. The number of likely N-dealkylation sites (tertiary alicyclic amines) is 1. The lowest BCUT2D eigenvalue weighted by Crippen LogP contribution is -2.39. The molecule has 0 radical (unpaired) electrons. The van der Waals surface area contributed by atoms with Gasteiger partial charge in [0.2, 0.25) is 11.8 Å². The van der Waals surface area contributed by atoms with E-state index in [9.17, 15) is 9.59 Å². The van der Waals surface area contributed by atoms with Crippen molar-refractivity contribution >= 4 is 11.8 Å². The first-order chi connectivity index (χ1) is 11.5. The smallest absolute Gasteiger partial charge is 0.240 e. The van der Waals surface area contributed by atoms with Crippen LogP contribution in [0.25, 0.3) is 0 Å². The number of aryl methyl sites for hydroxylation is 1. The number of benzene rings is 1. The lowest BCUT2D eigenvalue weighted by molar-refractivity contribution is -0.167. The second kappa shape index (κ2) is 7.03. The van der Waals surface area contributed by atoms with Crippen molar-refractivity contribution in [2.75, 3.05) is 19.8 Å². The van der Waals surface area contributed by atoms with Crippen molar-refractivity contribution in [2.24, 2.45) is 0 Å². The molecule has 24 heavy (non-hydrogen) atoms. The van der Waals surface area contributed by atoms with Crippen LogP contribution in [-0.2, 0) is 24.5 Å². The summed E-state index contributed by atoms with van der Waals surface area (Å²) in [5, 5.41) is 0. The van der Waals surface area contributed by atoms with Crippen LogP contribution in [0.5, 0.6) is 0 Å². The Bertz CT molecular complexity index is 606. The fourth-order valence-electron chi connectivity index (χ4n) is 3.38. The first-order valence-electron chi connectivity index (χ1n) is 8.66. The number of carbonyl (C=O) groups is 2. The van der Waals surface area contributed by atoms with Crippen LogP contribution in [0.15, 0.2) is 24.3 Å². The Hall–Kier alpha value is -1.72. The van der Waals surface area contributed by atoms with Crippen LogP contribution < -0.4 is 0 Å². The molecule has 130 valence electrons. The third kappa shape index (κ3) is 3.37. The number of rotatable bonds is 5. The van der Waals surface area contributed by atoms with Crippen LogP contribution in [0.4, 0.5) is 0 Å². The van der Waals surface area contributed by atoms with E-state index >= 15 is 0 Å². The average molecular weight is 331 g/mol. The van der Waals surface area contributed by atoms with Gasteiger partial charge >= 0.3 is 0 Å². The molecule has 2 saturated heterocycles. The topological polar surface area (TPSA) is 55.8 Å². The maximum Gasteiger partial charge on any atom is 0.240 e. The predicted molar refractivity (Wildman–Crippen MR) is 89.4 cm³/mol. The van der Waals surface area contributed by atoms with Gasteiger partial charge in [0.1, 0.15) is 0 Å². The molecule has 5 heteroatoms. The summed E-state index contributed by atoms with van der Waals surface area (Å²) in [7, 11) is 0. The van der Waals surface area contributed by atoms with Crippen molar-refractivity contribution in [2.45, 2.75) is 51.2 Å². The molecule has 2 aliphatic rings. The maximum absolute atomic E-state index is 12.8. The van der Waals surface area contributed by atoms with Gasteiger partial charge in [0.15, 0.2) is 6.29 Å². The summed E-state index contributed by atoms with van der Waals surface area (Å²) in [6, 6.07) is 7.84. The highest BCUT2D eigenvalue weighted by Crippen LogP contribution is 2.36. The van der Waals surface area contributed by atoms with Gasteiger partial charge in [0, 0.05) is 13.0 Å². The van der Waals surface area contributed by atoms with Crippen LogP contribution in [0.1, 0.15) is 43.7 Å². The fourth-order valence-corrected chi connectivity index (χ4v) is 3.38. The number of ether oxygens (including phenoxy) is 2.